The molecule has 9 heteroatoms. The third kappa shape index (κ3) is 3.66. The molecule has 2 rings (SSSR count). The minimum Gasteiger partial charge on any atom is -0.334 e. The zero-order valence-electron chi connectivity index (χ0n) is 11.9. The summed E-state index contributed by atoms with van der Waals surface area (Å²) < 4.78 is 64.8. The van der Waals surface area contributed by atoms with E-state index < -0.39 is 29.8 Å². The van der Waals surface area contributed by atoms with Crippen LogP contribution in [0.25, 0.3) is 0 Å². The maximum atomic E-state index is 12.9. The van der Waals surface area contributed by atoms with Gasteiger partial charge in [-0.3, -0.25) is 9.36 Å². The zero-order valence-corrected chi connectivity index (χ0v) is 11.9. The van der Waals surface area contributed by atoms with Crippen LogP contribution in [0.15, 0.2) is 36.7 Å². The predicted molar refractivity (Wildman–Crippen MR) is 70.7 cm³/mol. The van der Waals surface area contributed by atoms with Crippen LogP contribution in [0.5, 0.6) is 0 Å². The first kappa shape index (κ1) is 16.9. The minimum atomic E-state index is -4.69. The molecule has 0 saturated heterocycles. The van der Waals surface area contributed by atoms with Crippen LogP contribution in [0.1, 0.15) is 28.3 Å². The molecule has 0 spiro atoms. The fourth-order valence-electron chi connectivity index (χ4n) is 2.05. The van der Waals surface area contributed by atoms with Gasteiger partial charge in [0.05, 0.1) is 17.7 Å². The highest BCUT2D eigenvalue weighted by Gasteiger charge is 2.35. The lowest BCUT2D eigenvalue weighted by Crippen LogP contribution is -2.29. The predicted octanol–water partition coefficient (Wildman–Crippen LogP) is 3.57. The number of hydrogen-bond acceptors (Lipinski definition) is 2. The summed E-state index contributed by atoms with van der Waals surface area (Å²) in [6.45, 7) is -3.19. The molecule has 23 heavy (non-hydrogen) atoms. The van der Waals surface area contributed by atoms with E-state index in [1.54, 1.807) is 0 Å². The van der Waals surface area contributed by atoms with Crippen molar-refractivity contribution in [2.75, 3.05) is 7.05 Å². The minimum absolute atomic E-state index is 0.125. The molecular weight excluding hydrogens is 321 g/mol. The Balaban J connectivity index is 2.26. The molecule has 1 amide bonds. The second kappa shape index (κ2) is 6.35. The quantitative estimate of drug-likeness (QED) is 0.802. The van der Waals surface area contributed by atoms with Gasteiger partial charge in [0.15, 0.2) is 0 Å². The van der Waals surface area contributed by atoms with Crippen molar-refractivity contribution < 1.29 is 26.7 Å². The molecule has 4 nitrogen and oxygen atoms in total. The highest BCUT2D eigenvalue weighted by atomic mass is 19.4. The fraction of sp³-hybridized carbons (Fsp3) is 0.286. The number of rotatable bonds is 4. The molecule has 1 heterocycles. The molecule has 0 saturated carbocycles. The average molecular weight is 333 g/mol. The number of hydrogen-bond donors (Lipinski definition) is 0. The van der Waals surface area contributed by atoms with Gasteiger partial charge in [0.1, 0.15) is 5.82 Å². The van der Waals surface area contributed by atoms with Gasteiger partial charge in [-0.2, -0.15) is 22.0 Å². The van der Waals surface area contributed by atoms with Gasteiger partial charge in [0.25, 0.3) is 5.91 Å². The lowest BCUT2D eigenvalue weighted by Gasteiger charge is -2.20. The second-order valence-electron chi connectivity index (χ2n) is 4.73. The summed E-state index contributed by atoms with van der Waals surface area (Å²) in [4.78, 5) is 16.8. The lowest BCUT2D eigenvalue weighted by atomic mass is 10.1. The van der Waals surface area contributed by atoms with Gasteiger partial charge in [-0.05, 0) is 12.1 Å². The highest BCUT2D eigenvalue weighted by molar-refractivity contribution is 5.95. The topological polar surface area (TPSA) is 38.1 Å². The maximum absolute atomic E-state index is 12.9. The third-order valence-corrected chi connectivity index (χ3v) is 3.15. The van der Waals surface area contributed by atoms with Crippen LogP contribution in [-0.2, 0) is 12.7 Å². The number of halogens is 5. The van der Waals surface area contributed by atoms with Crippen LogP contribution < -0.4 is 0 Å². The molecular formula is C14H12F5N3O. The molecule has 0 bridgehead atoms. The van der Waals surface area contributed by atoms with Crippen molar-refractivity contribution in [2.45, 2.75) is 19.3 Å². The van der Waals surface area contributed by atoms with E-state index in [1.165, 1.54) is 19.2 Å². The molecule has 0 radical (unpaired) electrons. The summed E-state index contributed by atoms with van der Waals surface area (Å²) >= 11 is 0. The van der Waals surface area contributed by atoms with Crippen LogP contribution in [0.2, 0.25) is 0 Å². The van der Waals surface area contributed by atoms with E-state index in [2.05, 4.69) is 4.98 Å². The highest BCUT2D eigenvalue weighted by Crippen LogP contribution is 2.32. The van der Waals surface area contributed by atoms with Gasteiger partial charge in [-0.25, -0.2) is 4.98 Å². The first-order valence-corrected chi connectivity index (χ1v) is 6.43. The van der Waals surface area contributed by atoms with E-state index in [-0.39, 0.29) is 12.4 Å². The van der Waals surface area contributed by atoms with Crippen molar-refractivity contribution in [1.82, 2.24) is 14.5 Å². The molecule has 0 fully saturated rings. The van der Waals surface area contributed by atoms with Crippen molar-refractivity contribution in [3.63, 3.8) is 0 Å². The third-order valence-electron chi connectivity index (χ3n) is 3.15. The molecule has 0 aliphatic rings. The van der Waals surface area contributed by atoms with Crippen molar-refractivity contribution in [1.29, 1.82) is 0 Å². The first-order valence-electron chi connectivity index (χ1n) is 6.43. The molecule has 124 valence electrons. The van der Waals surface area contributed by atoms with E-state index in [0.717, 1.165) is 29.4 Å². The number of carbonyl (C=O) groups excluding carboxylic acids is 1. The average Bonchev–Trinajstić information content (AvgIpc) is 2.94. The number of alkyl halides is 5. The largest absolute Gasteiger partial charge is 0.417 e. The van der Waals surface area contributed by atoms with E-state index in [9.17, 15) is 26.7 Å². The summed E-state index contributed by atoms with van der Waals surface area (Å²) in [6, 6.07) is 4.31. The lowest BCUT2D eigenvalue weighted by molar-refractivity contribution is -0.138. The van der Waals surface area contributed by atoms with Crippen molar-refractivity contribution in [3.05, 3.63) is 53.6 Å². The number of amides is 1. The van der Waals surface area contributed by atoms with E-state index >= 15 is 0 Å². The van der Waals surface area contributed by atoms with Gasteiger partial charge in [-0.15, -0.1) is 0 Å². The summed E-state index contributed by atoms with van der Waals surface area (Å²) in [5, 5.41) is 0. The Hall–Kier alpha value is -2.45. The Labute approximate surface area is 128 Å². The summed E-state index contributed by atoms with van der Waals surface area (Å²) in [5.74, 6) is -1.05. The summed E-state index contributed by atoms with van der Waals surface area (Å²) in [7, 11) is 1.22. The van der Waals surface area contributed by atoms with Gasteiger partial charge < -0.3 is 4.90 Å². The Kier molecular flexibility index (Phi) is 4.67. The van der Waals surface area contributed by atoms with Crippen molar-refractivity contribution >= 4 is 5.91 Å². The Bertz CT molecular complexity index is 696. The zero-order chi connectivity index (χ0) is 17.2. The molecule has 2 aromatic rings. The molecule has 0 unspecified atom stereocenters. The SMILES string of the molecule is CN(Cc1nccn1C(F)F)C(=O)c1ccccc1C(F)(F)F. The Morgan fingerprint density at radius 2 is 1.96 bits per heavy atom. The van der Waals surface area contributed by atoms with Gasteiger partial charge in [0.2, 0.25) is 0 Å². The monoisotopic (exact) mass is 333 g/mol. The molecule has 1 aromatic heterocycles. The van der Waals surface area contributed by atoms with Crippen molar-refractivity contribution in [2.24, 2.45) is 0 Å². The van der Waals surface area contributed by atoms with E-state index in [4.69, 9.17) is 0 Å². The van der Waals surface area contributed by atoms with Crippen LogP contribution in [0, 0.1) is 0 Å². The van der Waals surface area contributed by atoms with Crippen LogP contribution in [0.4, 0.5) is 22.0 Å². The number of benzene rings is 1. The number of aromatic nitrogens is 2. The van der Waals surface area contributed by atoms with Gasteiger partial charge >= 0.3 is 12.7 Å². The fourth-order valence-corrected chi connectivity index (χ4v) is 2.05. The summed E-state index contributed by atoms with van der Waals surface area (Å²) in [5.41, 5.74) is -1.62. The number of nitrogens with zero attached hydrogens (tertiary/aromatic N) is 3. The van der Waals surface area contributed by atoms with Crippen molar-refractivity contribution in [3.8, 4) is 0 Å². The molecule has 0 aliphatic heterocycles. The van der Waals surface area contributed by atoms with Crippen LogP contribution in [0.3, 0.4) is 0 Å². The summed E-state index contributed by atoms with van der Waals surface area (Å²) in [6.07, 6.45) is -2.53. The second-order valence-corrected chi connectivity index (χ2v) is 4.73. The Morgan fingerprint density at radius 3 is 2.57 bits per heavy atom. The first-order chi connectivity index (χ1) is 10.7. The van der Waals surface area contributed by atoms with Gasteiger partial charge in [-0.1, -0.05) is 12.1 Å². The Morgan fingerprint density at radius 1 is 1.30 bits per heavy atom. The van der Waals surface area contributed by atoms with E-state index in [0.29, 0.717) is 4.57 Å². The van der Waals surface area contributed by atoms with E-state index in [1.807, 2.05) is 0 Å². The normalized spacial score (nSPS) is 11.8. The van der Waals surface area contributed by atoms with Gasteiger partial charge in [0, 0.05) is 19.4 Å². The molecule has 1 aromatic carbocycles. The molecule has 0 atom stereocenters. The number of carbonyl (C=O) groups is 1. The van der Waals surface area contributed by atoms with Crippen LogP contribution >= 0.6 is 0 Å². The number of imidazole rings is 1. The van der Waals surface area contributed by atoms with Crippen LogP contribution in [-0.4, -0.2) is 27.4 Å². The molecule has 0 N–H and O–H groups in total. The molecule has 0 aliphatic carbocycles. The standard InChI is InChI=1S/C14H12F5N3O/c1-21(8-11-20-6-7-22(11)13(15)16)12(23)9-4-2-3-5-10(9)14(17,18)19/h2-7,13H,8H2,1H3. The smallest absolute Gasteiger partial charge is 0.334 e. The maximum Gasteiger partial charge on any atom is 0.417 e.